The fourth-order valence-corrected chi connectivity index (χ4v) is 1.52. The van der Waals surface area contributed by atoms with Crippen molar-refractivity contribution in [3.8, 4) is 0 Å². The van der Waals surface area contributed by atoms with Crippen LogP contribution in [0.1, 0.15) is 31.1 Å². The minimum atomic E-state index is -0.264. The number of rotatable bonds is 0. The Bertz CT molecular complexity index is 393. The number of ether oxygens (including phenoxy) is 1. The van der Waals surface area contributed by atoms with E-state index in [2.05, 4.69) is 5.32 Å². The molecule has 0 fully saturated rings. The van der Waals surface area contributed by atoms with Crippen LogP contribution in [-0.2, 0) is 4.74 Å². The van der Waals surface area contributed by atoms with Crippen molar-refractivity contribution in [2.75, 3.05) is 5.32 Å². The van der Waals surface area contributed by atoms with Crippen LogP contribution in [0.25, 0.3) is 0 Å². The number of carbonyl (C=O) groups is 1. The highest BCUT2D eigenvalue weighted by Crippen LogP contribution is 2.30. The van der Waals surface area contributed by atoms with Crippen molar-refractivity contribution < 1.29 is 9.53 Å². The van der Waals surface area contributed by atoms with Crippen molar-refractivity contribution >= 4 is 11.7 Å². The van der Waals surface area contributed by atoms with Gasteiger partial charge < -0.3 is 10.1 Å². The highest BCUT2D eigenvalue weighted by molar-refractivity contribution is 5.97. The summed E-state index contributed by atoms with van der Waals surface area (Å²) in [6.07, 6.45) is -0.264. The topological polar surface area (TPSA) is 38.3 Å². The van der Waals surface area contributed by atoms with E-state index in [1.165, 1.54) is 0 Å². The van der Waals surface area contributed by atoms with Crippen molar-refractivity contribution in [2.45, 2.75) is 27.0 Å². The van der Waals surface area contributed by atoms with Crippen molar-refractivity contribution in [2.24, 2.45) is 5.41 Å². The average molecular weight is 205 g/mol. The second-order valence-electron chi connectivity index (χ2n) is 4.84. The first-order valence-corrected chi connectivity index (χ1v) is 5.05. The normalized spacial score (nSPS) is 20.2. The zero-order valence-electron chi connectivity index (χ0n) is 9.20. The predicted molar refractivity (Wildman–Crippen MR) is 58.7 cm³/mol. The van der Waals surface area contributed by atoms with Crippen LogP contribution in [0.3, 0.4) is 0 Å². The Hall–Kier alpha value is -1.51. The van der Waals surface area contributed by atoms with Crippen molar-refractivity contribution in [3.63, 3.8) is 0 Å². The number of carbonyl (C=O) groups excluding carboxylic acids is 1. The van der Waals surface area contributed by atoms with Gasteiger partial charge in [0.25, 0.3) is 0 Å². The van der Waals surface area contributed by atoms with E-state index in [1.54, 1.807) is 6.07 Å². The molecular formula is C12H15NO2. The number of fused-ring (bicyclic) bond motifs is 1. The molecule has 0 spiro atoms. The summed E-state index contributed by atoms with van der Waals surface area (Å²) in [6, 6.07) is 7.40. The van der Waals surface area contributed by atoms with Gasteiger partial charge in [0.1, 0.15) is 0 Å². The highest BCUT2D eigenvalue weighted by Gasteiger charge is 2.33. The lowest BCUT2D eigenvalue weighted by molar-refractivity contribution is 0.00493. The molecule has 0 bridgehead atoms. The molecule has 3 nitrogen and oxygen atoms in total. The molecule has 2 rings (SSSR count). The molecule has 80 valence electrons. The third-order valence-corrected chi connectivity index (χ3v) is 2.45. The molecule has 1 aliphatic heterocycles. The molecule has 0 radical (unpaired) electrons. The first kappa shape index (κ1) is 10.0. The molecule has 0 amide bonds. The fourth-order valence-electron chi connectivity index (χ4n) is 1.52. The van der Waals surface area contributed by atoms with Crippen molar-refractivity contribution in [1.29, 1.82) is 0 Å². The van der Waals surface area contributed by atoms with Gasteiger partial charge in [-0.15, -0.1) is 0 Å². The third kappa shape index (κ3) is 1.82. The molecule has 0 saturated carbocycles. The minimum Gasteiger partial charge on any atom is -0.438 e. The molecule has 1 atom stereocenters. The van der Waals surface area contributed by atoms with E-state index >= 15 is 0 Å². The Kier molecular flexibility index (Phi) is 2.18. The number of hydrogen-bond acceptors (Lipinski definition) is 3. The third-order valence-electron chi connectivity index (χ3n) is 2.45. The summed E-state index contributed by atoms with van der Waals surface area (Å²) in [7, 11) is 0. The zero-order valence-corrected chi connectivity index (χ0v) is 9.20. The second-order valence-corrected chi connectivity index (χ2v) is 4.84. The van der Waals surface area contributed by atoms with E-state index in [-0.39, 0.29) is 17.6 Å². The molecule has 15 heavy (non-hydrogen) atoms. The van der Waals surface area contributed by atoms with Crippen molar-refractivity contribution in [3.05, 3.63) is 29.8 Å². The lowest BCUT2D eigenvalue weighted by Gasteiger charge is -2.35. The number of para-hydroxylation sites is 1. The number of hydrogen-bond donors (Lipinski definition) is 1. The Balaban J connectivity index is 2.35. The highest BCUT2D eigenvalue weighted by atomic mass is 16.6. The lowest BCUT2D eigenvalue weighted by atomic mass is 9.93. The van der Waals surface area contributed by atoms with E-state index in [1.807, 2.05) is 39.0 Å². The maximum absolute atomic E-state index is 11.7. The van der Waals surface area contributed by atoms with Crippen LogP contribution in [-0.4, -0.2) is 12.2 Å². The number of cyclic esters (lactones) is 1. The number of benzene rings is 1. The molecule has 3 heteroatoms. The largest absolute Gasteiger partial charge is 0.438 e. The van der Waals surface area contributed by atoms with Gasteiger partial charge in [0.15, 0.2) is 6.23 Å². The lowest BCUT2D eigenvalue weighted by Crippen LogP contribution is -2.41. The van der Waals surface area contributed by atoms with E-state index in [0.717, 1.165) is 5.69 Å². The quantitative estimate of drug-likeness (QED) is 0.662. The van der Waals surface area contributed by atoms with Crippen LogP contribution in [0.4, 0.5) is 5.69 Å². The molecule has 1 aromatic carbocycles. The van der Waals surface area contributed by atoms with Gasteiger partial charge in [-0.3, -0.25) is 0 Å². The standard InChI is InChI=1S/C12H15NO2/c1-12(2,3)11-13-9-7-5-4-6-8(9)10(14)15-11/h4-7,11,13H,1-3H3/t11-/m0/s1. The summed E-state index contributed by atoms with van der Waals surface area (Å²) in [5.74, 6) is -0.246. The molecule has 1 aliphatic rings. The Labute approximate surface area is 89.4 Å². The molecule has 1 aromatic rings. The summed E-state index contributed by atoms with van der Waals surface area (Å²) in [6.45, 7) is 6.10. The molecule has 0 aromatic heterocycles. The SMILES string of the molecule is CC(C)(C)[C@H]1Nc2ccccc2C(=O)O1. The van der Waals surface area contributed by atoms with Gasteiger partial charge in [0.2, 0.25) is 0 Å². The molecular weight excluding hydrogens is 190 g/mol. The summed E-state index contributed by atoms with van der Waals surface area (Å²) < 4.78 is 5.33. The molecule has 0 saturated heterocycles. The van der Waals surface area contributed by atoms with Gasteiger partial charge in [0, 0.05) is 5.41 Å². The van der Waals surface area contributed by atoms with Gasteiger partial charge in [-0.05, 0) is 12.1 Å². The summed E-state index contributed by atoms with van der Waals surface area (Å²) in [5.41, 5.74) is 1.36. The first-order chi connectivity index (χ1) is 6.98. The summed E-state index contributed by atoms with van der Waals surface area (Å²) >= 11 is 0. The smallest absolute Gasteiger partial charge is 0.342 e. The van der Waals surface area contributed by atoms with Gasteiger partial charge in [-0.1, -0.05) is 32.9 Å². The maximum Gasteiger partial charge on any atom is 0.342 e. The van der Waals surface area contributed by atoms with Crippen LogP contribution in [0.15, 0.2) is 24.3 Å². The Morgan fingerprint density at radius 2 is 1.93 bits per heavy atom. The Morgan fingerprint density at radius 1 is 1.27 bits per heavy atom. The average Bonchev–Trinajstić information content (AvgIpc) is 2.16. The van der Waals surface area contributed by atoms with Gasteiger partial charge in [-0.2, -0.15) is 0 Å². The molecule has 0 aliphatic carbocycles. The number of esters is 1. The number of anilines is 1. The predicted octanol–water partition coefficient (Wildman–Crippen LogP) is 2.64. The van der Waals surface area contributed by atoms with Gasteiger partial charge in [-0.25, -0.2) is 4.79 Å². The van der Waals surface area contributed by atoms with Crippen LogP contribution < -0.4 is 5.32 Å². The fraction of sp³-hybridized carbons (Fsp3) is 0.417. The van der Waals surface area contributed by atoms with E-state index in [0.29, 0.717) is 5.56 Å². The van der Waals surface area contributed by atoms with Gasteiger partial charge in [0.05, 0.1) is 11.3 Å². The Morgan fingerprint density at radius 3 is 2.60 bits per heavy atom. The van der Waals surface area contributed by atoms with Crippen LogP contribution in [0.5, 0.6) is 0 Å². The first-order valence-electron chi connectivity index (χ1n) is 5.05. The maximum atomic E-state index is 11.7. The molecule has 1 heterocycles. The van der Waals surface area contributed by atoms with E-state index < -0.39 is 0 Å². The molecule has 0 unspecified atom stereocenters. The van der Waals surface area contributed by atoms with Crippen LogP contribution >= 0.6 is 0 Å². The zero-order chi connectivity index (χ0) is 11.1. The van der Waals surface area contributed by atoms with E-state index in [4.69, 9.17) is 4.74 Å². The second kappa shape index (κ2) is 3.26. The number of nitrogens with one attached hydrogen (secondary N) is 1. The van der Waals surface area contributed by atoms with Crippen LogP contribution in [0.2, 0.25) is 0 Å². The summed E-state index contributed by atoms with van der Waals surface area (Å²) in [5, 5.41) is 3.22. The van der Waals surface area contributed by atoms with E-state index in [9.17, 15) is 4.79 Å². The monoisotopic (exact) mass is 205 g/mol. The summed E-state index contributed by atoms with van der Waals surface area (Å²) in [4.78, 5) is 11.7. The molecule has 1 N–H and O–H groups in total. The van der Waals surface area contributed by atoms with Crippen molar-refractivity contribution in [1.82, 2.24) is 0 Å². The van der Waals surface area contributed by atoms with Crippen LogP contribution in [0, 0.1) is 5.41 Å². The van der Waals surface area contributed by atoms with Gasteiger partial charge >= 0.3 is 5.97 Å². The minimum absolute atomic E-state index is 0.108.